The predicted octanol–water partition coefficient (Wildman–Crippen LogP) is 2.28. The Balaban J connectivity index is 1.74. The lowest BCUT2D eigenvalue weighted by Crippen LogP contribution is -2.48. The van der Waals surface area contributed by atoms with Gasteiger partial charge in [-0.2, -0.15) is 0 Å². The van der Waals surface area contributed by atoms with Crippen LogP contribution in [0.1, 0.15) is 51.9 Å². The SMILES string of the molecule is CC1CC(NCC2(CN)CCCCC2)C1. The van der Waals surface area contributed by atoms with E-state index in [1.807, 2.05) is 0 Å². The van der Waals surface area contributed by atoms with Crippen LogP contribution in [0.2, 0.25) is 0 Å². The van der Waals surface area contributed by atoms with Crippen LogP contribution < -0.4 is 11.1 Å². The first-order valence-corrected chi connectivity index (χ1v) is 6.68. The van der Waals surface area contributed by atoms with Gasteiger partial charge in [0, 0.05) is 12.6 Å². The highest BCUT2D eigenvalue weighted by molar-refractivity contribution is 4.89. The van der Waals surface area contributed by atoms with Crippen molar-refractivity contribution in [2.24, 2.45) is 17.1 Å². The van der Waals surface area contributed by atoms with Crippen molar-refractivity contribution in [2.75, 3.05) is 13.1 Å². The van der Waals surface area contributed by atoms with Crippen LogP contribution in [0.25, 0.3) is 0 Å². The lowest BCUT2D eigenvalue weighted by Gasteiger charge is -2.41. The minimum atomic E-state index is 0.442. The van der Waals surface area contributed by atoms with Gasteiger partial charge in [0.15, 0.2) is 0 Å². The molecule has 0 saturated heterocycles. The topological polar surface area (TPSA) is 38.0 Å². The number of hydrogen-bond donors (Lipinski definition) is 2. The zero-order chi connectivity index (χ0) is 10.7. The van der Waals surface area contributed by atoms with E-state index in [0.717, 1.165) is 18.5 Å². The highest BCUT2D eigenvalue weighted by Crippen LogP contribution is 2.35. The molecule has 0 amide bonds. The van der Waals surface area contributed by atoms with E-state index in [-0.39, 0.29) is 0 Å². The third-order valence-electron chi connectivity index (χ3n) is 4.49. The van der Waals surface area contributed by atoms with Gasteiger partial charge in [0.05, 0.1) is 0 Å². The summed E-state index contributed by atoms with van der Waals surface area (Å²) in [5.74, 6) is 0.947. The minimum Gasteiger partial charge on any atom is -0.330 e. The third-order valence-corrected chi connectivity index (χ3v) is 4.49. The number of nitrogens with two attached hydrogens (primary N) is 1. The van der Waals surface area contributed by atoms with Crippen molar-refractivity contribution < 1.29 is 0 Å². The lowest BCUT2D eigenvalue weighted by atomic mass is 9.73. The van der Waals surface area contributed by atoms with E-state index >= 15 is 0 Å². The predicted molar refractivity (Wildman–Crippen MR) is 64.8 cm³/mol. The van der Waals surface area contributed by atoms with Gasteiger partial charge < -0.3 is 11.1 Å². The summed E-state index contributed by atoms with van der Waals surface area (Å²) in [5, 5.41) is 3.73. The molecular weight excluding hydrogens is 184 g/mol. The first-order chi connectivity index (χ1) is 7.24. The highest BCUT2D eigenvalue weighted by atomic mass is 14.9. The Bertz CT molecular complexity index is 191. The van der Waals surface area contributed by atoms with Crippen LogP contribution in [0.5, 0.6) is 0 Å². The standard InChI is InChI=1S/C13H26N2/c1-11-7-12(8-11)15-10-13(9-14)5-3-2-4-6-13/h11-12,15H,2-10,14H2,1H3. The maximum atomic E-state index is 5.97. The van der Waals surface area contributed by atoms with E-state index in [0.29, 0.717) is 5.41 Å². The maximum Gasteiger partial charge on any atom is 0.00723 e. The molecule has 0 spiro atoms. The molecular formula is C13H26N2. The summed E-state index contributed by atoms with van der Waals surface area (Å²) in [6.45, 7) is 4.39. The van der Waals surface area contributed by atoms with Gasteiger partial charge in [-0.05, 0) is 43.6 Å². The van der Waals surface area contributed by atoms with Crippen LogP contribution in [0.15, 0.2) is 0 Å². The van der Waals surface area contributed by atoms with Crippen LogP contribution >= 0.6 is 0 Å². The summed E-state index contributed by atoms with van der Waals surface area (Å²) >= 11 is 0. The van der Waals surface area contributed by atoms with Crippen LogP contribution in [0.3, 0.4) is 0 Å². The second-order valence-corrected chi connectivity index (χ2v) is 5.92. The van der Waals surface area contributed by atoms with E-state index in [9.17, 15) is 0 Å². The second-order valence-electron chi connectivity index (χ2n) is 5.92. The van der Waals surface area contributed by atoms with Crippen LogP contribution in [0.4, 0.5) is 0 Å². The number of nitrogens with one attached hydrogen (secondary N) is 1. The van der Waals surface area contributed by atoms with Crippen molar-refractivity contribution in [3.8, 4) is 0 Å². The Morgan fingerprint density at radius 1 is 1.20 bits per heavy atom. The van der Waals surface area contributed by atoms with Gasteiger partial charge in [-0.3, -0.25) is 0 Å². The summed E-state index contributed by atoms with van der Waals surface area (Å²) in [5.41, 5.74) is 6.41. The van der Waals surface area contributed by atoms with Gasteiger partial charge in [-0.25, -0.2) is 0 Å². The molecule has 88 valence electrons. The molecule has 0 heterocycles. The van der Waals surface area contributed by atoms with Gasteiger partial charge in [-0.15, -0.1) is 0 Å². The van der Waals surface area contributed by atoms with E-state index in [1.54, 1.807) is 0 Å². The van der Waals surface area contributed by atoms with Crippen LogP contribution in [-0.2, 0) is 0 Å². The maximum absolute atomic E-state index is 5.97. The molecule has 2 rings (SSSR count). The molecule has 0 radical (unpaired) electrons. The van der Waals surface area contributed by atoms with Crippen molar-refractivity contribution >= 4 is 0 Å². The largest absolute Gasteiger partial charge is 0.330 e. The van der Waals surface area contributed by atoms with E-state index in [2.05, 4.69) is 12.2 Å². The fraction of sp³-hybridized carbons (Fsp3) is 1.00. The van der Waals surface area contributed by atoms with Crippen LogP contribution in [-0.4, -0.2) is 19.1 Å². The molecule has 2 saturated carbocycles. The smallest absolute Gasteiger partial charge is 0.00723 e. The molecule has 2 heteroatoms. The van der Waals surface area contributed by atoms with E-state index in [1.165, 1.54) is 51.5 Å². The minimum absolute atomic E-state index is 0.442. The molecule has 0 aromatic carbocycles. The third kappa shape index (κ3) is 2.73. The van der Waals surface area contributed by atoms with Gasteiger partial charge in [-0.1, -0.05) is 26.2 Å². The average molecular weight is 210 g/mol. The molecule has 0 aromatic rings. The Kier molecular flexibility index (Phi) is 3.68. The van der Waals surface area contributed by atoms with Gasteiger partial charge in [0.1, 0.15) is 0 Å². The Morgan fingerprint density at radius 3 is 2.40 bits per heavy atom. The van der Waals surface area contributed by atoms with E-state index in [4.69, 9.17) is 5.73 Å². The monoisotopic (exact) mass is 210 g/mol. The Labute approximate surface area is 94.0 Å². The first kappa shape index (κ1) is 11.4. The van der Waals surface area contributed by atoms with Crippen molar-refractivity contribution in [2.45, 2.75) is 57.9 Å². The molecule has 0 aliphatic heterocycles. The molecule has 2 aliphatic rings. The molecule has 2 aliphatic carbocycles. The fourth-order valence-corrected chi connectivity index (χ4v) is 3.18. The first-order valence-electron chi connectivity index (χ1n) is 6.68. The zero-order valence-corrected chi connectivity index (χ0v) is 10.1. The summed E-state index contributed by atoms with van der Waals surface area (Å²) in [6, 6.07) is 0.797. The van der Waals surface area contributed by atoms with Crippen LogP contribution in [0, 0.1) is 11.3 Å². The van der Waals surface area contributed by atoms with Crippen molar-refractivity contribution in [1.82, 2.24) is 5.32 Å². The highest BCUT2D eigenvalue weighted by Gasteiger charge is 2.33. The van der Waals surface area contributed by atoms with Gasteiger partial charge >= 0.3 is 0 Å². The normalized spacial score (nSPS) is 34.8. The number of rotatable bonds is 4. The summed E-state index contributed by atoms with van der Waals surface area (Å²) in [7, 11) is 0. The average Bonchev–Trinajstić information content (AvgIpc) is 2.24. The number of hydrogen-bond acceptors (Lipinski definition) is 2. The molecule has 15 heavy (non-hydrogen) atoms. The molecule has 0 atom stereocenters. The van der Waals surface area contributed by atoms with Crippen molar-refractivity contribution in [3.05, 3.63) is 0 Å². The second kappa shape index (κ2) is 4.84. The quantitative estimate of drug-likeness (QED) is 0.747. The summed E-state index contributed by atoms with van der Waals surface area (Å²) in [4.78, 5) is 0. The molecule has 0 unspecified atom stereocenters. The van der Waals surface area contributed by atoms with Gasteiger partial charge in [0.2, 0.25) is 0 Å². The van der Waals surface area contributed by atoms with Gasteiger partial charge in [0.25, 0.3) is 0 Å². The Morgan fingerprint density at radius 2 is 1.87 bits per heavy atom. The summed E-state index contributed by atoms with van der Waals surface area (Å²) in [6.07, 6.45) is 9.64. The Hall–Kier alpha value is -0.0800. The molecule has 2 nitrogen and oxygen atoms in total. The molecule has 0 bridgehead atoms. The zero-order valence-electron chi connectivity index (χ0n) is 10.1. The molecule has 3 N–H and O–H groups in total. The lowest BCUT2D eigenvalue weighted by molar-refractivity contribution is 0.156. The van der Waals surface area contributed by atoms with Crippen molar-refractivity contribution in [1.29, 1.82) is 0 Å². The molecule has 0 aromatic heterocycles. The van der Waals surface area contributed by atoms with Crippen molar-refractivity contribution in [3.63, 3.8) is 0 Å². The van der Waals surface area contributed by atoms with E-state index < -0.39 is 0 Å². The summed E-state index contributed by atoms with van der Waals surface area (Å²) < 4.78 is 0. The fourth-order valence-electron chi connectivity index (χ4n) is 3.18. The molecule has 2 fully saturated rings.